The van der Waals surface area contributed by atoms with Crippen LogP contribution in [0.5, 0.6) is 17.2 Å². The Balaban J connectivity index is 1.42. The molecule has 6 heteroatoms. The maximum Gasteiger partial charge on any atom is 0.222 e. The molecule has 29 heavy (non-hydrogen) atoms. The summed E-state index contributed by atoms with van der Waals surface area (Å²) in [4.78, 5) is 12.6. The molecule has 2 aromatic carbocycles. The van der Waals surface area contributed by atoms with Crippen LogP contribution in [0.15, 0.2) is 42.6 Å². The van der Waals surface area contributed by atoms with E-state index in [1.807, 2.05) is 42.6 Å². The average Bonchev–Trinajstić information content (AvgIpc) is 3.34. The minimum atomic E-state index is 0.0166. The molecule has 0 unspecified atom stereocenters. The van der Waals surface area contributed by atoms with Gasteiger partial charge in [0.1, 0.15) is 5.75 Å². The van der Waals surface area contributed by atoms with Crippen LogP contribution in [-0.4, -0.2) is 31.8 Å². The maximum atomic E-state index is 12.6. The Morgan fingerprint density at radius 3 is 2.62 bits per heavy atom. The lowest BCUT2D eigenvalue weighted by molar-refractivity contribution is -0.122. The number of aryl methyl sites for hydroxylation is 2. The normalized spacial score (nSPS) is 15.2. The van der Waals surface area contributed by atoms with Crippen molar-refractivity contribution >= 4 is 16.8 Å². The van der Waals surface area contributed by atoms with Crippen LogP contribution in [0.1, 0.15) is 30.0 Å². The van der Waals surface area contributed by atoms with Gasteiger partial charge in [0.2, 0.25) is 5.91 Å². The molecule has 3 aromatic rings. The highest BCUT2D eigenvalue weighted by atomic mass is 16.5. The number of rotatable bonds is 7. The summed E-state index contributed by atoms with van der Waals surface area (Å²) in [5.74, 6) is 2.31. The molecule has 1 aliphatic rings. The van der Waals surface area contributed by atoms with Gasteiger partial charge in [0.15, 0.2) is 11.5 Å². The molecule has 1 N–H and O–H groups in total. The van der Waals surface area contributed by atoms with Gasteiger partial charge in [-0.2, -0.15) is 0 Å². The molecule has 1 aromatic heterocycles. The lowest BCUT2D eigenvalue weighted by Crippen LogP contribution is -2.27. The summed E-state index contributed by atoms with van der Waals surface area (Å²) in [5.41, 5.74) is 3.43. The number of benzene rings is 2. The number of hydrogen-bond donors (Lipinski definition) is 1. The van der Waals surface area contributed by atoms with Crippen LogP contribution in [-0.2, 0) is 17.8 Å². The molecule has 1 amide bonds. The number of carbonyl (C=O) groups is 1. The standard InChI is InChI=1S/C23H26N2O4/c1-27-17-5-7-20-16(12-17)8-10-25(20)11-9-23(26)24-19-6-4-15-13-21(28-2)22(29-3)14-18(15)19/h5,7-8,10,12-14,19H,4,6,9,11H2,1-3H3,(H,24,26)/t19-/m1/s1. The van der Waals surface area contributed by atoms with Gasteiger partial charge in [-0.3, -0.25) is 4.79 Å². The number of aromatic nitrogens is 1. The number of methoxy groups -OCH3 is 3. The first-order valence-electron chi connectivity index (χ1n) is 9.80. The Bertz CT molecular complexity index is 1040. The average molecular weight is 394 g/mol. The van der Waals surface area contributed by atoms with Crippen LogP contribution in [0.3, 0.4) is 0 Å². The molecule has 1 heterocycles. The summed E-state index contributed by atoms with van der Waals surface area (Å²) < 4.78 is 18.2. The van der Waals surface area contributed by atoms with Crippen molar-refractivity contribution in [1.82, 2.24) is 9.88 Å². The molecular formula is C23H26N2O4. The summed E-state index contributed by atoms with van der Waals surface area (Å²) >= 11 is 0. The summed E-state index contributed by atoms with van der Waals surface area (Å²) in [6.07, 6.45) is 4.25. The number of fused-ring (bicyclic) bond motifs is 2. The molecule has 1 aliphatic carbocycles. The zero-order valence-electron chi connectivity index (χ0n) is 17.0. The lowest BCUT2D eigenvalue weighted by atomic mass is 10.1. The quantitative estimate of drug-likeness (QED) is 0.661. The van der Waals surface area contributed by atoms with E-state index in [9.17, 15) is 4.79 Å². The van der Waals surface area contributed by atoms with Crippen LogP contribution in [0.4, 0.5) is 0 Å². The van der Waals surface area contributed by atoms with Crippen molar-refractivity contribution in [1.29, 1.82) is 0 Å². The molecule has 152 valence electrons. The molecule has 0 radical (unpaired) electrons. The van der Waals surface area contributed by atoms with Gasteiger partial charge >= 0.3 is 0 Å². The first-order chi connectivity index (χ1) is 14.1. The highest BCUT2D eigenvalue weighted by Crippen LogP contribution is 2.39. The molecule has 0 spiro atoms. The summed E-state index contributed by atoms with van der Waals surface area (Å²) in [6, 6.07) is 12.0. The van der Waals surface area contributed by atoms with Crippen molar-refractivity contribution in [2.75, 3.05) is 21.3 Å². The predicted molar refractivity (Wildman–Crippen MR) is 112 cm³/mol. The van der Waals surface area contributed by atoms with Gasteiger partial charge in [-0.25, -0.2) is 0 Å². The number of nitrogens with one attached hydrogen (secondary N) is 1. The molecular weight excluding hydrogens is 368 g/mol. The molecule has 4 rings (SSSR count). The van der Waals surface area contributed by atoms with Crippen LogP contribution in [0.25, 0.3) is 10.9 Å². The molecule has 6 nitrogen and oxygen atoms in total. The summed E-state index contributed by atoms with van der Waals surface area (Å²) in [7, 11) is 4.93. The van der Waals surface area contributed by atoms with Crippen molar-refractivity contribution in [3.63, 3.8) is 0 Å². The molecule has 0 aliphatic heterocycles. The topological polar surface area (TPSA) is 61.7 Å². The van der Waals surface area contributed by atoms with E-state index >= 15 is 0 Å². The van der Waals surface area contributed by atoms with Gasteiger partial charge in [-0.15, -0.1) is 0 Å². The second-order valence-electron chi connectivity index (χ2n) is 7.25. The van der Waals surface area contributed by atoms with Crippen LogP contribution < -0.4 is 19.5 Å². The molecule has 0 saturated heterocycles. The monoisotopic (exact) mass is 394 g/mol. The fourth-order valence-corrected chi connectivity index (χ4v) is 4.07. The van der Waals surface area contributed by atoms with Crippen molar-refractivity contribution in [3.05, 3.63) is 53.7 Å². The largest absolute Gasteiger partial charge is 0.497 e. The first kappa shape index (κ1) is 19.2. The molecule has 0 fully saturated rings. The third-order valence-corrected chi connectivity index (χ3v) is 5.62. The molecule has 0 bridgehead atoms. The summed E-state index contributed by atoms with van der Waals surface area (Å²) in [6.45, 7) is 0.632. The molecule has 1 atom stereocenters. The van der Waals surface area contributed by atoms with E-state index in [0.29, 0.717) is 18.7 Å². The van der Waals surface area contributed by atoms with E-state index < -0.39 is 0 Å². The predicted octanol–water partition coefficient (Wildman–Crippen LogP) is 3.86. The van der Waals surface area contributed by atoms with Crippen molar-refractivity contribution < 1.29 is 19.0 Å². The van der Waals surface area contributed by atoms with Gasteiger partial charge < -0.3 is 24.1 Å². The SMILES string of the molecule is COc1ccc2c(ccn2CCC(=O)N[C@@H]2CCc3cc(OC)c(OC)cc32)c1. The second-order valence-corrected chi connectivity index (χ2v) is 7.25. The van der Waals surface area contributed by atoms with Crippen LogP contribution in [0, 0.1) is 0 Å². The minimum Gasteiger partial charge on any atom is -0.497 e. The van der Waals surface area contributed by atoms with E-state index in [4.69, 9.17) is 14.2 Å². The number of amides is 1. The minimum absolute atomic E-state index is 0.0166. The Hall–Kier alpha value is -3.15. The van der Waals surface area contributed by atoms with E-state index in [1.54, 1.807) is 21.3 Å². The highest BCUT2D eigenvalue weighted by Gasteiger charge is 2.26. The fourth-order valence-electron chi connectivity index (χ4n) is 4.07. The smallest absolute Gasteiger partial charge is 0.222 e. The van der Waals surface area contributed by atoms with E-state index in [-0.39, 0.29) is 11.9 Å². The Morgan fingerprint density at radius 2 is 1.86 bits per heavy atom. The van der Waals surface area contributed by atoms with Gasteiger partial charge in [-0.1, -0.05) is 0 Å². The van der Waals surface area contributed by atoms with Gasteiger partial charge in [-0.05, 0) is 60.4 Å². The summed E-state index contributed by atoms with van der Waals surface area (Å²) in [5, 5.41) is 4.29. The van der Waals surface area contributed by atoms with Gasteiger partial charge in [0, 0.05) is 30.1 Å². The van der Waals surface area contributed by atoms with Crippen LogP contribution in [0.2, 0.25) is 0 Å². The molecule has 0 saturated carbocycles. The van der Waals surface area contributed by atoms with E-state index in [0.717, 1.165) is 40.8 Å². The fraction of sp³-hybridized carbons (Fsp3) is 0.348. The van der Waals surface area contributed by atoms with E-state index in [1.165, 1.54) is 5.56 Å². The zero-order valence-corrected chi connectivity index (χ0v) is 17.0. The lowest BCUT2D eigenvalue weighted by Gasteiger charge is -2.16. The second kappa shape index (κ2) is 8.07. The van der Waals surface area contributed by atoms with Crippen molar-refractivity contribution in [2.45, 2.75) is 31.8 Å². The van der Waals surface area contributed by atoms with Crippen LogP contribution >= 0.6 is 0 Å². The van der Waals surface area contributed by atoms with Gasteiger partial charge in [0.25, 0.3) is 0 Å². The Morgan fingerprint density at radius 1 is 1.07 bits per heavy atom. The third-order valence-electron chi connectivity index (χ3n) is 5.62. The number of carbonyl (C=O) groups excluding carboxylic acids is 1. The van der Waals surface area contributed by atoms with Crippen molar-refractivity contribution in [3.8, 4) is 17.2 Å². The zero-order chi connectivity index (χ0) is 20.4. The van der Waals surface area contributed by atoms with Crippen molar-refractivity contribution in [2.24, 2.45) is 0 Å². The number of ether oxygens (including phenoxy) is 3. The van der Waals surface area contributed by atoms with E-state index in [2.05, 4.69) is 9.88 Å². The first-order valence-corrected chi connectivity index (χ1v) is 9.80. The highest BCUT2D eigenvalue weighted by molar-refractivity contribution is 5.82. The Kier molecular flexibility index (Phi) is 5.34. The maximum absolute atomic E-state index is 12.6. The number of nitrogens with zero attached hydrogens (tertiary/aromatic N) is 1. The van der Waals surface area contributed by atoms with Gasteiger partial charge in [0.05, 0.1) is 27.4 Å². The third kappa shape index (κ3) is 3.75. The Labute approximate surface area is 170 Å². The number of hydrogen-bond acceptors (Lipinski definition) is 4.